The Kier molecular flexibility index (Phi) is 7.24. The number of aromatic nitrogens is 2. The quantitative estimate of drug-likeness (QED) is 0.547. The van der Waals surface area contributed by atoms with Gasteiger partial charge in [0.1, 0.15) is 17.6 Å². The van der Waals surface area contributed by atoms with Crippen LogP contribution in [0, 0.1) is 12.7 Å². The van der Waals surface area contributed by atoms with E-state index in [-0.39, 0.29) is 29.9 Å². The molecule has 1 aromatic heterocycles. The fraction of sp³-hybridized carbons (Fsp3) is 0.308. The van der Waals surface area contributed by atoms with Gasteiger partial charge < -0.3 is 15.5 Å². The Balaban J connectivity index is 1.37. The molecule has 0 spiro atoms. The molecule has 8 nitrogen and oxygen atoms in total. The molecule has 35 heavy (non-hydrogen) atoms. The minimum Gasteiger partial charge on any atom is -0.350 e. The van der Waals surface area contributed by atoms with Gasteiger partial charge in [0.25, 0.3) is 11.8 Å². The third kappa shape index (κ3) is 5.92. The predicted molar refractivity (Wildman–Crippen MR) is 128 cm³/mol. The Bertz CT molecular complexity index is 1220. The van der Waals surface area contributed by atoms with Crippen molar-refractivity contribution in [2.75, 3.05) is 6.54 Å². The molecule has 1 unspecified atom stereocenters. The molecule has 0 radical (unpaired) electrons. The molecule has 3 amide bonds. The molecule has 0 bridgehead atoms. The summed E-state index contributed by atoms with van der Waals surface area (Å²) in [6.45, 7) is 5.39. The van der Waals surface area contributed by atoms with Crippen LogP contribution in [0.5, 0.6) is 0 Å². The van der Waals surface area contributed by atoms with Crippen molar-refractivity contribution < 1.29 is 18.8 Å². The third-order valence-corrected chi connectivity index (χ3v) is 5.93. The maximum Gasteiger partial charge on any atom is 0.272 e. The Labute approximate surface area is 203 Å². The lowest BCUT2D eigenvalue weighted by Gasteiger charge is -2.20. The number of amides is 3. The summed E-state index contributed by atoms with van der Waals surface area (Å²) in [4.78, 5) is 40.1. The molecule has 0 saturated heterocycles. The van der Waals surface area contributed by atoms with E-state index < -0.39 is 11.9 Å². The van der Waals surface area contributed by atoms with Gasteiger partial charge in [0.2, 0.25) is 5.91 Å². The first-order valence-electron chi connectivity index (χ1n) is 11.6. The summed E-state index contributed by atoms with van der Waals surface area (Å²) in [5.74, 6) is -1.45. The van der Waals surface area contributed by atoms with Gasteiger partial charge in [0.05, 0.1) is 0 Å². The number of fused-ring (bicyclic) bond motifs is 1. The van der Waals surface area contributed by atoms with Gasteiger partial charge in [0, 0.05) is 32.2 Å². The zero-order chi connectivity index (χ0) is 24.9. The highest BCUT2D eigenvalue weighted by Crippen LogP contribution is 2.17. The summed E-state index contributed by atoms with van der Waals surface area (Å²) < 4.78 is 14.6. The lowest BCUT2D eigenvalue weighted by atomic mass is 10.1. The number of rotatable bonds is 7. The van der Waals surface area contributed by atoms with Crippen LogP contribution in [0.15, 0.2) is 54.6 Å². The second-order valence-corrected chi connectivity index (χ2v) is 8.74. The number of hydrogen-bond acceptors (Lipinski definition) is 4. The number of nitrogens with zero attached hydrogens (tertiary/aromatic N) is 3. The molecule has 9 heteroatoms. The van der Waals surface area contributed by atoms with Crippen molar-refractivity contribution in [1.82, 2.24) is 25.3 Å². The maximum absolute atomic E-state index is 13.2. The van der Waals surface area contributed by atoms with Gasteiger partial charge in [-0.2, -0.15) is 5.10 Å². The van der Waals surface area contributed by atoms with Crippen LogP contribution in [0.2, 0.25) is 0 Å². The number of carbonyl (C=O) groups excluding carboxylic acids is 3. The molecule has 4 rings (SSSR count). The lowest BCUT2D eigenvalue weighted by molar-refractivity contribution is -0.122. The number of carbonyl (C=O) groups is 3. The molecule has 182 valence electrons. The van der Waals surface area contributed by atoms with Crippen LogP contribution in [0.1, 0.15) is 51.0 Å². The van der Waals surface area contributed by atoms with Gasteiger partial charge in [0.15, 0.2) is 5.69 Å². The molecule has 1 atom stereocenters. The summed E-state index contributed by atoms with van der Waals surface area (Å²) in [5, 5.41) is 9.65. The number of halogens is 1. The maximum atomic E-state index is 13.2. The van der Waals surface area contributed by atoms with E-state index in [1.807, 2.05) is 31.2 Å². The van der Waals surface area contributed by atoms with Gasteiger partial charge >= 0.3 is 0 Å². The van der Waals surface area contributed by atoms with Gasteiger partial charge in [-0.3, -0.25) is 19.1 Å². The average molecular weight is 478 g/mol. The fourth-order valence-electron chi connectivity index (χ4n) is 3.89. The molecule has 0 aliphatic carbocycles. The van der Waals surface area contributed by atoms with Crippen molar-refractivity contribution in [3.8, 4) is 0 Å². The Morgan fingerprint density at radius 2 is 1.74 bits per heavy atom. The standard InChI is InChI=1S/C26H28FN5O3/c1-17-4-6-20(7-5-17)16-31-12-3-13-32-23(26(31)35)14-22(30-32)25(34)29-18(2)24(33)28-15-19-8-10-21(27)11-9-19/h4-11,14,18H,3,12-13,15-16H2,1-2H3,(H,28,33)(H,29,34). The number of nitrogens with one attached hydrogen (secondary N) is 2. The van der Waals surface area contributed by atoms with Crippen LogP contribution in [0.4, 0.5) is 4.39 Å². The van der Waals surface area contributed by atoms with E-state index in [0.717, 1.165) is 23.1 Å². The second kappa shape index (κ2) is 10.5. The first kappa shape index (κ1) is 24.1. The molecular weight excluding hydrogens is 449 g/mol. The highest BCUT2D eigenvalue weighted by atomic mass is 19.1. The van der Waals surface area contributed by atoms with Crippen molar-refractivity contribution in [2.45, 2.75) is 45.9 Å². The minimum absolute atomic E-state index is 0.0868. The normalized spacial score (nSPS) is 14.1. The minimum atomic E-state index is -0.821. The third-order valence-electron chi connectivity index (χ3n) is 5.93. The van der Waals surface area contributed by atoms with Crippen LogP contribution in [-0.2, 0) is 24.4 Å². The summed E-state index contributed by atoms with van der Waals surface area (Å²) >= 11 is 0. The SMILES string of the molecule is Cc1ccc(CN2CCCn3nc(C(=O)NC(C)C(=O)NCc4ccc(F)cc4)cc3C2=O)cc1. The predicted octanol–water partition coefficient (Wildman–Crippen LogP) is 2.81. The van der Waals surface area contributed by atoms with Gasteiger partial charge in [-0.15, -0.1) is 0 Å². The van der Waals surface area contributed by atoms with Crippen LogP contribution < -0.4 is 10.6 Å². The van der Waals surface area contributed by atoms with Crippen LogP contribution >= 0.6 is 0 Å². The molecule has 2 aromatic carbocycles. The zero-order valence-corrected chi connectivity index (χ0v) is 19.8. The Morgan fingerprint density at radius 1 is 1.06 bits per heavy atom. The topological polar surface area (TPSA) is 96.3 Å². The monoisotopic (exact) mass is 477 g/mol. The molecule has 3 aromatic rings. The largest absolute Gasteiger partial charge is 0.350 e. The molecule has 0 saturated carbocycles. The first-order valence-corrected chi connectivity index (χ1v) is 11.6. The summed E-state index contributed by atoms with van der Waals surface area (Å²) in [7, 11) is 0. The van der Waals surface area contributed by atoms with Crippen molar-refractivity contribution in [2.24, 2.45) is 0 Å². The van der Waals surface area contributed by atoms with E-state index in [0.29, 0.717) is 25.3 Å². The van der Waals surface area contributed by atoms with E-state index in [1.54, 1.807) is 28.6 Å². The van der Waals surface area contributed by atoms with Gasteiger partial charge in [-0.1, -0.05) is 42.0 Å². The summed E-state index contributed by atoms with van der Waals surface area (Å²) in [6.07, 6.45) is 0.718. The number of hydrogen-bond donors (Lipinski definition) is 2. The Hall–Kier alpha value is -4.01. The smallest absolute Gasteiger partial charge is 0.272 e. The van der Waals surface area contributed by atoms with Crippen LogP contribution in [-0.4, -0.2) is 45.0 Å². The molecule has 1 aliphatic heterocycles. The molecule has 1 aliphatic rings. The van der Waals surface area contributed by atoms with Gasteiger partial charge in [-0.05, 0) is 43.5 Å². The summed E-state index contributed by atoms with van der Waals surface area (Å²) in [5.41, 5.74) is 3.38. The number of aryl methyl sites for hydroxylation is 2. The Morgan fingerprint density at radius 3 is 2.46 bits per heavy atom. The van der Waals surface area contributed by atoms with Crippen molar-refractivity contribution >= 4 is 17.7 Å². The highest BCUT2D eigenvalue weighted by molar-refractivity contribution is 5.99. The number of benzene rings is 2. The zero-order valence-electron chi connectivity index (χ0n) is 19.8. The molecule has 2 heterocycles. The van der Waals surface area contributed by atoms with Crippen molar-refractivity contribution in [1.29, 1.82) is 0 Å². The van der Waals surface area contributed by atoms with E-state index in [4.69, 9.17) is 0 Å². The van der Waals surface area contributed by atoms with Crippen LogP contribution in [0.25, 0.3) is 0 Å². The second-order valence-electron chi connectivity index (χ2n) is 8.74. The van der Waals surface area contributed by atoms with E-state index in [1.165, 1.54) is 18.2 Å². The van der Waals surface area contributed by atoms with Crippen molar-refractivity contribution in [3.63, 3.8) is 0 Å². The lowest BCUT2D eigenvalue weighted by Crippen LogP contribution is -2.44. The van der Waals surface area contributed by atoms with E-state index >= 15 is 0 Å². The summed E-state index contributed by atoms with van der Waals surface area (Å²) in [6, 6.07) is 14.5. The average Bonchev–Trinajstić information content (AvgIpc) is 3.22. The highest BCUT2D eigenvalue weighted by Gasteiger charge is 2.27. The molecular formula is C26H28FN5O3. The molecule has 2 N–H and O–H groups in total. The first-order chi connectivity index (χ1) is 16.8. The van der Waals surface area contributed by atoms with E-state index in [9.17, 15) is 18.8 Å². The van der Waals surface area contributed by atoms with Crippen molar-refractivity contribution in [3.05, 3.63) is 88.5 Å². The fourth-order valence-corrected chi connectivity index (χ4v) is 3.89. The van der Waals surface area contributed by atoms with Crippen LogP contribution in [0.3, 0.4) is 0 Å². The molecule has 0 fully saturated rings. The van der Waals surface area contributed by atoms with Gasteiger partial charge in [-0.25, -0.2) is 4.39 Å². The van der Waals surface area contributed by atoms with E-state index in [2.05, 4.69) is 15.7 Å².